The summed E-state index contributed by atoms with van der Waals surface area (Å²) in [5, 5.41) is 12.1. The molecule has 2 unspecified atom stereocenters. The molecule has 0 aliphatic carbocycles. The third kappa shape index (κ3) is 4.18. The minimum Gasteiger partial charge on any atom is -0.481 e. The largest absolute Gasteiger partial charge is 0.481 e. The molecule has 1 fully saturated rings. The van der Waals surface area contributed by atoms with E-state index in [1.54, 1.807) is 30.0 Å². The van der Waals surface area contributed by atoms with Gasteiger partial charge in [0.1, 0.15) is 6.04 Å². The topological polar surface area (TPSA) is 86.7 Å². The minimum absolute atomic E-state index is 0.0991. The van der Waals surface area contributed by atoms with Crippen molar-refractivity contribution in [3.8, 4) is 0 Å². The molecule has 2 atom stereocenters. The molecule has 0 spiro atoms. The van der Waals surface area contributed by atoms with Gasteiger partial charge in [-0.15, -0.1) is 0 Å². The molecule has 1 aromatic rings. The standard InChI is InChI=1S/C19H26N2O4/c1-12(2)15(20-16(22)14-7-5-6-13(3)10-14)17(23)21-9-8-19(4,11-21)18(24)25/h5-7,10,12,15H,8-9,11H2,1-4H3,(H,20,22)(H,24,25). The first-order valence-corrected chi connectivity index (χ1v) is 8.54. The molecule has 1 aliphatic rings. The van der Waals surface area contributed by atoms with Gasteiger partial charge in [0.15, 0.2) is 0 Å². The van der Waals surface area contributed by atoms with Crippen molar-refractivity contribution in [2.75, 3.05) is 13.1 Å². The smallest absolute Gasteiger partial charge is 0.311 e. The molecule has 2 amide bonds. The molecule has 0 saturated carbocycles. The number of rotatable bonds is 5. The van der Waals surface area contributed by atoms with Gasteiger partial charge in [0.25, 0.3) is 5.91 Å². The number of aliphatic carboxylic acids is 1. The van der Waals surface area contributed by atoms with Crippen LogP contribution in [0.4, 0.5) is 0 Å². The number of likely N-dealkylation sites (tertiary alicyclic amines) is 1. The molecule has 0 bridgehead atoms. The van der Waals surface area contributed by atoms with Crippen LogP contribution in [-0.4, -0.2) is 46.9 Å². The summed E-state index contributed by atoms with van der Waals surface area (Å²) in [5.74, 6) is -1.51. The predicted molar refractivity (Wildman–Crippen MR) is 94.2 cm³/mol. The molecule has 0 radical (unpaired) electrons. The Morgan fingerprint density at radius 2 is 1.96 bits per heavy atom. The zero-order valence-electron chi connectivity index (χ0n) is 15.2. The van der Waals surface area contributed by atoms with E-state index >= 15 is 0 Å². The molecular weight excluding hydrogens is 320 g/mol. The molecule has 6 nitrogen and oxygen atoms in total. The summed E-state index contributed by atoms with van der Waals surface area (Å²) in [4.78, 5) is 38.3. The van der Waals surface area contributed by atoms with E-state index in [1.165, 1.54) is 0 Å². The highest BCUT2D eigenvalue weighted by molar-refractivity contribution is 5.98. The van der Waals surface area contributed by atoms with Crippen molar-refractivity contribution in [2.45, 2.75) is 40.2 Å². The van der Waals surface area contributed by atoms with Gasteiger partial charge in [-0.25, -0.2) is 0 Å². The van der Waals surface area contributed by atoms with Gasteiger partial charge in [0.05, 0.1) is 5.41 Å². The zero-order valence-corrected chi connectivity index (χ0v) is 15.2. The molecule has 6 heteroatoms. The number of carbonyl (C=O) groups is 3. The van der Waals surface area contributed by atoms with E-state index in [4.69, 9.17) is 0 Å². The van der Waals surface area contributed by atoms with Crippen LogP contribution in [0.15, 0.2) is 24.3 Å². The second kappa shape index (κ2) is 7.25. The highest BCUT2D eigenvalue weighted by atomic mass is 16.4. The highest BCUT2D eigenvalue weighted by Crippen LogP contribution is 2.30. The normalized spacial score (nSPS) is 21.2. The molecule has 1 saturated heterocycles. The Morgan fingerprint density at radius 3 is 2.48 bits per heavy atom. The Bertz CT molecular complexity index is 686. The lowest BCUT2D eigenvalue weighted by atomic mass is 9.90. The van der Waals surface area contributed by atoms with Crippen LogP contribution < -0.4 is 5.32 Å². The number of carboxylic acid groups (broad SMARTS) is 1. The van der Waals surface area contributed by atoms with Crippen molar-refractivity contribution in [3.63, 3.8) is 0 Å². The molecular formula is C19H26N2O4. The molecule has 1 heterocycles. The van der Waals surface area contributed by atoms with Crippen molar-refractivity contribution < 1.29 is 19.5 Å². The van der Waals surface area contributed by atoms with Crippen LogP contribution in [0.5, 0.6) is 0 Å². The Kier molecular flexibility index (Phi) is 5.50. The number of nitrogens with zero attached hydrogens (tertiary/aromatic N) is 1. The first-order chi connectivity index (χ1) is 11.6. The van der Waals surface area contributed by atoms with Crippen LogP contribution >= 0.6 is 0 Å². The zero-order chi connectivity index (χ0) is 18.8. The summed E-state index contributed by atoms with van der Waals surface area (Å²) < 4.78 is 0. The van der Waals surface area contributed by atoms with E-state index in [0.29, 0.717) is 18.5 Å². The Labute approximate surface area is 148 Å². The molecule has 2 rings (SSSR count). The summed E-state index contributed by atoms with van der Waals surface area (Å²) in [7, 11) is 0. The fourth-order valence-electron chi connectivity index (χ4n) is 3.04. The summed E-state index contributed by atoms with van der Waals surface area (Å²) in [6.45, 7) is 7.85. The molecule has 2 N–H and O–H groups in total. The number of hydrogen-bond donors (Lipinski definition) is 2. The van der Waals surface area contributed by atoms with E-state index < -0.39 is 17.4 Å². The highest BCUT2D eigenvalue weighted by Gasteiger charge is 2.43. The minimum atomic E-state index is -0.919. The third-order valence-corrected chi connectivity index (χ3v) is 4.80. The molecule has 1 aliphatic heterocycles. The quantitative estimate of drug-likeness (QED) is 0.854. The SMILES string of the molecule is Cc1cccc(C(=O)NC(C(=O)N2CCC(C)(C(=O)O)C2)C(C)C)c1. The van der Waals surface area contributed by atoms with E-state index in [1.807, 2.05) is 26.8 Å². The van der Waals surface area contributed by atoms with E-state index in [0.717, 1.165) is 5.56 Å². The van der Waals surface area contributed by atoms with Gasteiger partial charge in [-0.2, -0.15) is 0 Å². The number of carbonyl (C=O) groups excluding carboxylic acids is 2. The number of hydrogen-bond acceptors (Lipinski definition) is 3. The molecule has 25 heavy (non-hydrogen) atoms. The van der Waals surface area contributed by atoms with Crippen molar-refractivity contribution in [2.24, 2.45) is 11.3 Å². The van der Waals surface area contributed by atoms with E-state index in [9.17, 15) is 19.5 Å². The van der Waals surface area contributed by atoms with Gasteiger partial charge in [-0.1, -0.05) is 31.5 Å². The van der Waals surface area contributed by atoms with Crippen LogP contribution in [0, 0.1) is 18.3 Å². The van der Waals surface area contributed by atoms with Gasteiger partial charge in [-0.3, -0.25) is 14.4 Å². The van der Waals surface area contributed by atoms with Crippen LogP contribution in [0.3, 0.4) is 0 Å². The number of nitrogens with one attached hydrogen (secondary N) is 1. The first kappa shape index (κ1) is 19.0. The lowest BCUT2D eigenvalue weighted by molar-refractivity contribution is -0.147. The average molecular weight is 346 g/mol. The maximum atomic E-state index is 12.8. The molecule has 0 aromatic heterocycles. The summed E-state index contributed by atoms with van der Waals surface area (Å²) >= 11 is 0. The number of amides is 2. The summed E-state index contributed by atoms with van der Waals surface area (Å²) in [6, 6.07) is 6.51. The third-order valence-electron chi connectivity index (χ3n) is 4.80. The Hall–Kier alpha value is -2.37. The lowest BCUT2D eigenvalue weighted by Gasteiger charge is -2.28. The van der Waals surface area contributed by atoms with Gasteiger partial charge >= 0.3 is 5.97 Å². The lowest BCUT2D eigenvalue weighted by Crippen LogP contribution is -2.51. The first-order valence-electron chi connectivity index (χ1n) is 8.54. The molecule has 136 valence electrons. The average Bonchev–Trinajstić information content (AvgIpc) is 2.95. The fourth-order valence-corrected chi connectivity index (χ4v) is 3.04. The maximum Gasteiger partial charge on any atom is 0.311 e. The van der Waals surface area contributed by atoms with E-state index in [2.05, 4.69) is 5.32 Å². The van der Waals surface area contributed by atoms with Crippen LogP contribution in [0.2, 0.25) is 0 Å². The monoisotopic (exact) mass is 346 g/mol. The second-order valence-electron chi connectivity index (χ2n) is 7.44. The van der Waals surface area contributed by atoms with E-state index in [-0.39, 0.29) is 24.3 Å². The van der Waals surface area contributed by atoms with Crippen molar-refractivity contribution in [1.82, 2.24) is 10.2 Å². The number of carboxylic acids is 1. The number of aryl methyl sites for hydroxylation is 1. The van der Waals surface area contributed by atoms with Crippen LogP contribution in [-0.2, 0) is 9.59 Å². The molecule has 1 aromatic carbocycles. The second-order valence-corrected chi connectivity index (χ2v) is 7.44. The van der Waals surface area contributed by atoms with Gasteiger partial charge in [0, 0.05) is 18.7 Å². The Balaban J connectivity index is 2.12. The van der Waals surface area contributed by atoms with Crippen LogP contribution in [0.1, 0.15) is 43.1 Å². The van der Waals surface area contributed by atoms with Gasteiger partial charge < -0.3 is 15.3 Å². The summed E-state index contributed by atoms with van der Waals surface area (Å²) in [5.41, 5.74) is 0.560. The van der Waals surface area contributed by atoms with Crippen molar-refractivity contribution in [1.29, 1.82) is 0 Å². The summed E-state index contributed by atoms with van der Waals surface area (Å²) in [6.07, 6.45) is 0.421. The van der Waals surface area contributed by atoms with Crippen molar-refractivity contribution in [3.05, 3.63) is 35.4 Å². The van der Waals surface area contributed by atoms with Crippen molar-refractivity contribution >= 4 is 17.8 Å². The fraction of sp³-hybridized carbons (Fsp3) is 0.526. The number of benzene rings is 1. The van der Waals surface area contributed by atoms with Gasteiger partial charge in [-0.05, 0) is 38.3 Å². The predicted octanol–water partition coefficient (Wildman–Crippen LogP) is 2.07. The Morgan fingerprint density at radius 1 is 1.28 bits per heavy atom. The maximum absolute atomic E-state index is 12.8. The van der Waals surface area contributed by atoms with Crippen LogP contribution in [0.25, 0.3) is 0 Å². The van der Waals surface area contributed by atoms with Gasteiger partial charge in [0.2, 0.25) is 5.91 Å².